The molecule has 1 aliphatic carbocycles. The summed E-state index contributed by atoms with van der Waals surface area (Å²) in [5, 5.41) is 0. The van der Waals surface area contributed by atoms with Crippen molar-refractivity contribution in [3.8, 4) is 17.2 Å². The fraction of sp³-hybridized carbons (Fsp3) is 0.600. The summed E-state index contributed by atoms with van der Waals surface area (Å²) in [6, 6.07) is 3.98. The van der Waals surface area contributed by atoms with Crippen LogP contribution in [0.1, 0.15) is 31.7 Å². The van der Waals surface area contributed by atoms with Crippen LogP contribution in [0.4, 0.5) is 0 Å². The number of hydrogen-bond donors (Lipinski definition) is 1. The Kier molecular flexibility index (Phi) is 3.05. The van der Waals surface area contributed by atoms with Gasteiger partial charge in [0, 0.05) is 23.4 Å². The van der Waals surface area contributed by atoms with Crippen LogP contribution in [0.2, 0.25) is 0 Å². The molecule has 104 valence electrons. The molecule has 1 unspecified atom stereocenters. The van der Waals surface area contributed by atoms with Crippen molar-refractivity contribution in [2.75, 3.05) is 20.3 Å². The van der Waals surface area contributed by atoms with Crippen molar-refractivity contribution in [2.24, 2.45) is 5.73 Å². The van der Waals surface area contributed by atoms with Crippen molar-refractivity contribution < 1.29 is 14.2 Å². The maximum absolute atomic E-state index is 6.21. The molecule has 0 saturated heterocycles. The molecule has 2 aliphatic rings. The van der Waals surface area contributed by atoms with Crippen LogP contribution in [0.5, 0.6) is 17.2 Å². The molecule has 0 amide bonds. The van der Waals surface area contributed by atoms with Crippen molar-refractivity contribution in [3.05, 3.63) is 17.7 Å². The second kappa shape index (κ2) is 4.60. The van der Waals surface area contributed by atoms with E-state index in [0.29, 0.717) is 13.2 Å². The normalized spacial score (nSPS) is 21.4. The van der Waals surface area contributed by atoms with Gasteiger partial charge in [-0.15, -0.1) is 0 Å². The molecular formula is C15H21NO3. The van der Waals surface area contributed by atoms with E-state index in [0.717, 1.165) is 42.1 Å². The smallest absolute Gasteiger partial charge is 0.168 e. The largest absolute Gasteiger partial charge is 0.496 e. The van der Waals surface area contributed by atoms with Crippen molar-refractivity contribution in [3.63, 3.8) is 0 Å². The summed E-state index contributed by atoms with van der Waals surface area (Å²) >= 11 is 0. The predicted molar refractivity (Wildman–Crippen MR) is 73.2 cm³/mol. The highest BCUT2D eigenvalue weighted by Gasteiger charge is 2.51. The quantitative estimate of drug-likeness (QED) is 0.908. The van der Waals surface area contributed by atoms with Crippen LogP contribution in [-0.2, 0) is 5.41 Å². The van der Waals surface area contributed by atoms with Gasteiger partial charge in [-0.2, -0.15) is 0 Å². The number of fused-ring (bicyclic) bond motifs is 1. The summed E-state index contributed by atoms with van der Waals surface area (Å²) in [6.07, 6.45) is 3.07. The fourth-order valence-electron chi connectivity index (χ4n) is 2.93. The van der Waals surface area contributed by atoms with Crippen LogP contribution < -0.4 is 19.9 Å². The molecule has 1 aromatic carbocycles. The molecular weight excluding hydrogens is 242 g/mol. The van der Waals surface area contributed by atoms with Gasteiger partial charge in [-0.05, 0) is 31.9 Å². The van der Waals surface area contributed by atoms with Gasteiger partial charge < -0.3 is 19.9 Å². The Hall–Kier alpha value is -1.42. The van der Waals surface area contributed by atoms with Gasteiger partial charge in [-0.1, -0.05) is 0 Å². The zero-order valence-electron chi connectivity index (χ0n) is 11.6. The lowest BCUT2D eigenvalue weighted by Gasteiger charge is -2.25. The van der Waals surface area contributed by atoms with E-state index in [1.54, 1.807) is 7.11 Å². The number of rotatable bonds is 3. The molecule has 4 heteroatoms. The molecule has 0 spiro atoms. The minimum Gasteiger partial charge on any atom is -0.496 e. The Balaban J connectivity index is 2.15. The van der Waals surface area contributed by atoms with Crippen LogP contribution in [-0.4, -0.2) is 26.4 Å². The van der Waals surface area contributed by atoms with Crippen molar-refractivity contribution in [2.45, 2.75) is 37.6 Å². The lowest BCUT2D eigenvalue weighted by atomic mass is 9.87. The van der Waals surface area contributed by atoms with E-state index in [2.05, 4.69) is 6.92 Å². The Bertz CT molecular complexity index is 481. The molecule has 1 fully saturated rings. The van der Waals surface area contributed by atoms with Crippen LogP contribution in [0.3, 0.4) is 0 Å². The van der Waals surface area contributed by atoms with Gasteiger partial charge in [-0.3, -0.25) is 0 Å². The summed E-state index contributed by atoms with van der Waals surface area (Å²) < 4.78 is 17.2. The van der Waals surface area contributed by atoms with Gasteiger partial charge >= 0.3 is 0 Å². The Labute approximate surface area is 113 Å². The number of ether oxygens (including phenoxy) is 3. The van der Waals surface area contributed by atoms with Gasteiger partial charge in [0.15, 0.2) is 11.5 Å². The van der Waals surface area contributed by atoms with E-state index in [1.165, 1.54) is 0 Å². The molecule has 1 atom stereocenters. The first-order valence-corrected chi connectivity index (χ1v) is 6.92. The molecule has 1 aliphatic heterocycles. The minimum atomic E-state index is -0.00954. The Morgan fingerprint density at radius 3 is 2.63 bits per heavy atom. The van der Waals surface area contributed by atoms with Crippen LogP contribution in [0.15, 0.2) is 12.1 Å². The molecule has 0 radical (unpaired) electrons. The summed E-state index contributed by atoms with van der Waals surface area (Å²) in [5.74, 6) is 2.52. The first-order valence-electron chi connectivity index (χ1n) is 6.92. The molecule has 0 bridgehead atoms. The summed E-state index contributed by atoms with van der Waals surface area (Å²) in [6.45, 7) is 3.44. The molecule has 3 rings (SSSR count). The second-order valence-corrected chi connectivity index (χ2v) is 5.47. The van der Waals surface area contributed by atoms with E-state index in [4.69, 9.17) is 19.9 Å². The van der Waals surface area contributed by atoms with E-state index in [-0.39, 0.29) is 11.5 Å². The average Bonchev–Trinajstić information content (AvgIpc) is 3.21. The van der Waals surface area contributed by atoms with Crippen molar-refractivity contribution in [1.29, 1.82) is 0 Å². The maximum atomic E-state index is 6.21. The van der Waals surface area contributed by atoms with Gasteiger partial charge in [0.2, 0.25) is 0 Å². The standard InChI is InChI=1S/C15H21NO3/c1-10(16)15(6-7-15)13-11(17-2)4-5-12-14(13)19-9-3-8-18-12/h4-5,10H,3,6-9,16H2,1-2H3. The third kappa shape index (κ3) is 1.94. The molecule has 19 heavy (non-hydrogen) atoms. The summed E-state index contributed by atoms with van der Waals surface area (Å²) in [4.78, 5) is 0. The Morgan fingerprint density at radius 1 is 1.26 bits per heavy atom. The summed E-state index contributed by atoms with van der Waals surface area (Å²) in [7, 11) is 1.69. The average molecular weight is 263 g/mol. The highest BCUT2D eigenvalue weighted by atomic mass is 16.5. The molecule has 1 heterocycles. The zero-order chi connectivity index (χ0) is 13.5. The number of nitrogens with two attached hydrogens (primary N) is 1. The third-order valence-corrected chi connectivity index (χ3v) is 4.25. The van der Waals surface area contributed by atoms with Gasteiger partial charge in [0.05, 0.1) is 20.3 Å². The zero-order valence-corrected chi connectivity index (χ0v) is 11.6. The number of hydrogen-bond acceptors (Lipinski definition) is 4. The Morgan fingerprint density at radius 2 is 2.00 bits per heavy atom. The summed E-state index contributed by atoms with van der Waals surface area (Å²) in [5.41, 5.74) is 7.30. The first kappa shape index (κ1) is 12.6. The molecule has 0 aromatic heterocycles. The maximum Gasteiger partial charge on any atom is 0.168 e. The molecule has 4 nitrogen and oxygen atoms in total. The number of methoxy groups -OCH3 is 1. The van der Waals surface area contributed by atoms with Crippen LogP contribution in [0, 0.1) is 0 Å². The van der Waals surface area contributed by atoms with Crippen molar-refractivity contribution in [1.82, 2.24) is 0 Å². The van der Waals surface area contributed by atoms with E-state index in [1.807, 2.05) is 12.1 Å². The van der Waals surface area contributed by atoms with E-state index in [9.17, 15) is 0 Å². The minimum absolute atomic E-state index is 0.00954. The highest BCUT2D eigenvalue weighted by molar-refractivity contribution is 5.60. The van der Waals surface area contributed by atoms with E-state index >= 15 is 0 Å². The van der Waals surface area contributed by atoms with Gasteiger partial charge in [-0.25, -0.2) is 0 Å². The van der Waals surface area contributed by atoms with E-state index < -0.39 is 0 Å². The highest BCUT2D eigenvalue weighted by Crippen LogP contribution is 2.58. The predicted octanol–water partition coefficient (Wildman–Crippen LogP) is 2.24. The second-order valence-electron chi connectivity index (χ2n) is 5.47. The lowest BCUT2D eigenvalue weighted by Crippen LogP contribution is -2.32. The number of benzene rings is 1. The van der Waals surface area contributed by atoms with Crippen molar-refractivity contribution >= 4 is 0 Å². The first-order chi connectivity index (χ1) is 9.19. The molecule has 1 saturated carbocycles. The molecule has 2 N–H and O–H groups in total. The van der Waals surface area contributed by atoms with Crippen LogP contribution in [0.25, 0.3) is 0 Å². The third-order valence-electron chi connectivity index (χ3n) is 4.25. The molecule has 1 aromatic rings. The SMILES string of the molecule is COc1ccc2c(c1C1(C(C)N)CC1)OCCCO2. The lowest BCUT2D eigenvalue weighted by molar-refractivity contribution is 0.294. The van der Waals surface area contributed by atoms with Gasteiger partial charge in [0.25, 0.3) is 0 Å². The van der Waals surface area contributed by atoms with Crippen LogP contribution >= 0.6 is 0 Å². The van der Waals surface area contributed by atoms with Gasteiger partial charge in [0.1, 0.15) is 5.75 Å². The topological polar surface area (TPSA) is 53.7 Å². The monoisotopic (exact) mass is 263 g/mol. The fourth-order valence-corrected chi connectivity index (χ4v) is 2.93.